The zero-order valence-corrected chi connectivity index (χ0v) is 8.48. The fourth-order valence-corrected chi connectivity index (χ4v) is 1.36. The Morgan fingerprint density at radius 1 is 1.36 bits per heavy atom. The molecule has 0 aliphatic heterocycles. The lowest BCUT2D eigenvalue weighted by Gasteiger charge is -2.08. The van der Waals surface area contributed by atoms with Crippen LogP contribution in [0.15, 0.2) is 18.2 Å². The summed E-state index contributed by atoms with van der Waals surface area (Å²) in [5.41, 5.74) is 2.18. The normalized spacial score (nSPS) is 10.9. The van der Waals surface area contributed by atoms with Crippen molar-refractivity contribution in [2.75, 3.05) is 13.6 Å². The molecule has 1 rings (SSSR count). The zero-order chi connectivity index (χ0) is 10.6. The van der Waals surface area contributed by atoms with Crippen LogP contribution < -0.4 is 5.32 Å². The van der Waals surface area contributed by atoms with Crippen LogP contribution in [-0.2, 0) is 6.42 Å². The maximum Gasteiger partial charge on any atom is 0.263 e. The fraction of sp³-hybridized carbons (Fsp3) is 0.455. The summed E-state index contributed by atoms with van der Waals surface area (Å²) >= 11 is 0. The highest BCUT2D eigenvalue weighted by molar-refractivity contribution is 5.31. The Kier molecular flexibility index (Phi) is 4.01. The van der Waals surface area contributed by atoms with E-state index in [4.69, 9.17) is 0 Å². The van der Waals surface area contributed by atoms with E-state index >= 15 is 0 Å². The van der Waals surface area contributed by atoms with Gasteiger partial charge in [0.05, 0.1) is 0 Å². The van der Waals surface area contributed by atoms with Crippen molar-refractivity contribution in [1.82, 2.24) is 5.32 Å². The zero-order valence-electron chi connectivity index (χ0n) is 8.48. The first-order valence-corrected chi connectivity index (χ1v) is 4.67. The molecule has 0 spiro atoms. The van der Waals surface area contributed by atoms with Gasteiger partial charge in [-0.15, -0.1) is 0 Å². The van der Waals surface area contributed by atoms with Gasteiger partial charge < -0.3 is 5.32 Å². The van der Waals surface area contributed by atoms with E-state index in [-0.39, 0.29) is 5.56 Å². The molecule has 0 saturated heterocycles. The highest BCUT2D eigenvalue weighted by atomic mass is 19.3. The second-order valence-corrected chi connectivity index (χ2v) is 3.34. The number of aryl methyl sites for hydroxylation is 1. The molecule has 0 bridgehead atoms. The molecule has 0 radical (unpaired) electrons. The van der Waals surface area contributed by atoms with Crippen molar-refractivity contribution in [3.05, 3.63) is 34.9 Å². The van der Waals surface area contributed by atoms with Crippen molar-refractivity contribution in [2.24, 2.45) is 0 Å². The first-order valence-electron chi connectivity index (χ1n) is 4.67. The number of likely N-dealkylation sites (N-methyl/N-ethyl adjacent to an activating group) is 1. The summed E-state index contributed by atoms with van der Waals surface area (Å²) < 4.78 is 24.8. The molecule has 14 heavy (non-hydrogen) atoms. The Balaban J connectivity index is 2.85. The van der Waals surface area contributed by atoms with Crippen LogP contribution in [0.3, 0.4) is 0 Å². The van der Waals surface area contributed by atoms with Crippen LogP contribution in [-0.4, -0.2) is 13.6 Å². The van der Waals surface area contributed by atoms with E-state index in [1.54, 1.807) is 12.1 Å². The number of alkyl halides is 2. The summed E-state index contributed by atoms with van der Waals surface area (Å²) in [6.07, 6.45) is -1.58. The molecule has 0 aliphatic rings. The molecule has 0 amide bonds. The van der Waals surface area contributed by atoms with Crippen molar-refractivity contribution in [2.45, 2.75) is 19.8 Å². The molecular weight excluding hydrogens is 184 g/mol. The van der Waals surface area contributed by atoms with Crippen LogP contribution in [0.25, 0.3) is 0 Å². The third-order valence-corrected chi connectivity index (χ3v) is 2.27. The smallest absolute Gasteiger partial charge is 0.263 e. The van der Waals surface area contributed by atoms with Gasteiger partial charge in [-0.1, -0.05) is 12.1 Å². The van der Waals surface area contributed by atoms with E-state index in [9.17, 15) is 8.78 Å². The van der Waals surface area contributed by atoms with Crippen LogP contribution in [0.5, 0.6) is 0 Å². The van der Waals surface area contributed by atoms with Crippen molar-refractivity contribution < 1.29 is 8.78 Å². The van der Waals surface area contributed by atoms with Gasteiger partial charge in [0, 0.05) is 5.56 Å². The third-order valence-electron chi connectivity index (χ3n) is 2.27. The van der Waals surface area contributed by atoms with Crippen LogP contribution in [0.1, 0.15) is 23.1 Å². The standard InChI is InChI=1S/C11H15F2N/c1-8-3-4-10(11(12)13)7-9(8)5-6-14-2/h3-4,7,11,14H,5-6H2,1-2H3. The number of benzene rings is 1. The lowest BCUT2D eigenvalue weighted by Crippen LogP contribution is -2.11. The molecule has 1 nitrogen and oxygen atoms in total. The Morgan fingerprint density at radius 2 is 2.07 bits per heavy atom. The first kappa shape index (κ1) is 11.1. The summed E-state index contributed by atoms with van der Waals surface area (Å²) in [6, 6.07) is 4.84. The molecule has 3 heteroatoms. The average molecular weight is 199 g/mol. The minimum Gasteiger partial charge on any atom is -0.319 e. The Morgan fingerprint density at radius 3 is 2.64 bits per heavy atom. The van der Waals surface area contributed by atoms with Crippen LogP contribution in [0, 0.1) is 6.92 Å². The minimum atomic E-state index is -2.37. The van der Waals surface area contributed by atoms with Crippen molar-refractivity contribution in [1.29, 1.82) is 0 Å². The van der Waals surface area contributed by atoms with Crippen molar-refractivity contribution in [3.63, 3.8) is 0 Å². The summed E-state index contributed by atoms with van der Waals surface area (Å²) in [5.74, 6) is 0. The lowest BCUT2D eigenvalue weighted by molar-refractivity contribution is 0.151. The van der Waals surface area contributed by atoms with E-state index in [1.165, 1.54) is 6.07 Å². The van der Waals surface area contributed by atoms with Gasteiger partial charge in [0.25, 0.3) is 6.43 Å². The molecule has 1 aromatic rings. The Hall–Kier alpha value is -0.960. The highest BCUT2D eigenvalue weighted by Gasteiger charge is 2.08. The van der Waals surface area contributed by atoms with E-state index in [0.29, 0.717) is 0 Å². The fourth-order valence-electron chi connectivity index (χ4n) is 1.36. The maximum absolute atomic E-state index is 12.4. The van der Waals surface area contributed by atoms with Crippen LogP contribution in [0.2, 0.25) is 0 Å². The van der Waals surface area contributed by atoms with Gasteiger partial charge in [-0.25, -0.2) is 8.78 Å². The number of rotatable bonds is 4. The predicted molar refractivity (Wildman–Crippen MR) is 53.8 cm³/mol. The molecule has 0 aromatic heterocycles. The highest BCUT2D eigenvalue weighted by Crippen LogP contribution is 2.21. The predicted octanol–water partition coefficient (Wildman–Crippen LogP) is 2.69. The molecule has 1 aromatic carbocycles. The molecule has 0 fully saturated rings. The largest absolute Gasteiger partial charge is 0.319 e. The topological polar surface area (TPSA) is 12.0 Å². The van der Waals surface area contributed by atoms with E-state index in [1.807, 2.05) is 14.0 Å². The van der Waals surface area contributed by atoms with Gasteiger partial charge in [0.1, 0.15) is 0 Å². The number of hydrogen-bond donors (Lipinski definition) is 1. The van der Waals surface area contributed by atoms with Gasteiger partial charge >= 0.3 is 0 Å². The molecule has 0 saturated carbocycles. The molecule has 0 unspecified atom stereocenters. The number of nitrogens with one attached hydrogen (secondary N) is 1. The quantitative estimate of drug-likeness (QED) is 0.786. The average Bonchev–Trinajstić information content (AvgIpc) is 2.16. The monoisotopic (exact) mass is 199 g/mol. The summed E-state index contributed by atoms with van der Waals surface area (Å²) in [4.78, 5) is 0. The summed E-state index contributed by atoms with van der Waals surface area (Å²) in [7, 11) is 1.85. The molecule has 0 aliphatic carbocycles. The first-order chi connectivity index (χ1) is 6.65. The molecule has 0 atom stereocenters. The van der Waals surface area contributed by atoms with Crippen molar-refractivity contribution in [3.8, 4) is 0 Å². The number of halogens is 2. The van der Waals surface area contributed by atoms with Gasteiger partial charge in [-0.2, -0.15) is 0 Å². The van der Waals surface area contributed by atoms with Crippen LogP contribution >= 0.6 is 0 Å². The minimum absolute atomic E-state index is 0.113. The van der Waals surface area contributed by atoms with E-state index in [0.717, 1.165) is 24.1 Å². The SMILES string of the molecule is CNCCc1cc(C(F)F)ccc1C. The van der Waals surface area contributed by atoms with Gasteiger partial charge in [0.2, 0.25) is 0 Å². The number of hydrogen-bond acceptors (Lipinski definition) is 1. The van der Waals surface area contributed by atoms with Gasteiger partial charge in [0.15, 0.2) is 0 Å². The molecule has 1 N–H and O–H groups in total. The van der Waals surface area contributed by atoms with Gasteiger partial charge in [-0.3, -0.25) is 0 Å². The molecule has 0 heterocycles. The molecule has 78 valence electrons. The van der Waals surface area contributed by atoms with E-state index in [2.05, 4.69) is 5.32 Å². The van der Waals surface area contributed by atoms with Gasteiger partial charge in [-0.05, 0) is 44.1 Å². The van der Waals surface area contributed by atoms with Crippen LogP contribution in [0.4, 0.5) is 8.78 Å². The lowest BCUT2D eigenvalue weighted by atomic mass is 10.0. The molecular formula is C11H15F2N. The Labute approximate surface area is 83.1 Å². The summed E-state index contributed by atoms with van der Waals surface area (Å²) in [6.45, 7) is 2.76. The second kappa shape index (κ2) is 5.05. The maximum atomic E-state index is 12.4. The van der Waals surface area contributed by atoms with Crippen molar-refractivity contribution >= 4 is 0 Å². The second-order valence-electron chi connectivity index (χ2n) is 3.34. The summed E-state index contributed by atoms with van der Waals surface area (Å²) in [5, 5.41) is 3.00. The third kappa shape index (κ3) is 2.77. The Bertz CT molecular complexity index is 297. The van der Waals surface area contributed by atoms with E-state index < -0.39 is 6.43 Å².